The van der Waals surface area contributed by atoms with Crippen LogP contribution in [0.1, 0.15) is 12.0 Å². The number of rotatable bonds is 9. The monoisotopic (exact) mass is 390 g/mol. The fourth-order valence-electron chi connectivity index (χ4n) is 2.60. The SMILES string of the molecule is COc1ccc(NC(=S)NCCCc2ccc(OC)c(OC)c2)c(OC)c1. The fraction of sp³-hybridized carbons (Fsp3) is 0.350. The largest absolute Gasteiger partial charge is 0.497 e. The van der Waals surface area contributed by atoms with Crippen molar-refractivity contribution in [2.45, 2.75) is 12.8 Å². The number of anilines is 1. The quantitative estimate of drug-likeness (QED) is 0.501. The van der Waals surface area contributed by atoms with Crippen LogP contribution in [0.25, 0.3) is 0 Å². The predicted octanol–water partition coefficient (Wildman–Crippen LogP) is 3.64. The van der Waals surface area contributed by atoms with Crippen LogP contribution >= 0.6 is 12.2 Å². The summed E-state index contributed by atoms with van der Waals surface area (Å²) in [4.78, 5) is 0. The van der Waals surface area contributed by atoms with Gasteiger partial charge < -0.3 is 29.6 Å². The molecule has 0 radical (unpaired) electrons. The van der Waals surface area contributed by atoms with Gasteiger partial charge in [0.05, 0.1) is 34.1 Å². The van der Waals surface area contributed by atoms with Crippen molar-refractivity contribution in [3.8, 4) is 23.0 Å². The molecule has 0 aromatic heterocycles. The van der Waals surface area contributed by atoms with Gasteiger partial charge in [-0.3, -0.25) is 0 Å². The molecule has 6 nitrogen and oxygen atoms in total. The summed E-state index contributed by atoms with van der Waals surface area (Å²) in [7, 11) is 6.50. The van der Waals surface area contributed by atoms with Gasteiger partial charge in [-0.1, -0.05) is 6.07 Å². The highest BCUT2D eigenvalue weighted by atomic mass is 32.1. The highest BCUT2D eigenvalue weighted by molar-refractivity contribution is 7.80. The fourth-order valence-corrected chi connectivity index (χ4v) is 2.81. The molecule has 0 aliphatic rings. The maximum Gasteiger partial charge on any atom is 0.170 e. The second-order valence-corrected chi connectivity index (χ2v) is 6.15. The lowest BCUT2D eigenvalue weighted by atomic mass is 10.1. The third-order valence-electron chi connectivity index (χ3n) is 4.03. The van der Waals surface area contributed by atoms with Crippen LogP contribution in [0.3, 0.4) is 0 Å². The predicted molar refractivity (Wildman–Crippen MR) is 112 cm³/mol. The third kappa shape index (κ3) is 5.92. The molecule has 0 bridgehead atoms. The molecule has 2 N–H and O–H groups in total. The van der Waals surface area contributed by atoms with Gasteiger partial charge in [0.25, 0.3) is 0 Å². The molecule has 2 aromatic carbocycles. The van der Waals surface area contributed by atoms with E-state index in [1.54, 1.807) is 28.4 Å². The van der Waals surface area contributed by atoms with Gasteiger partial charge in [0.15, 0.2) is 16.6 Å². The van der Waals surface area contributed by atoms with Crippen molar-refractivity contribution in [1.29, 1.82) is 0 Å². The Bertz CT molecular complexity index is 768. The van der Waals surface area contributed by atoms with Crippen LogP contribution in [0.4, 0.5) is 5.69 Å². The molecule has 0 heterocycles. The summed E-state index contributed by atoms with van der Waals surface area (Å²) < 4.78 is 21.1. The van der Waals surface area contributed by atoms with Crippen LogP contribution < -0.4 is 29.6 Å². The average Bonchev–Trinajstić information content (AvgIpc) is 2.71. The number of thiocarbonyl (C=S) groups is 1. The Balaban J connectivity index is 1.81. The first-order valence-corrected chi connectivity index (χ1v) is 9.00. The summed E-state index contributed by atoms with van der Waals surface area (Å²) in [6.45, 7) is 0.749. The van der Waals surface area contributed by atoms with Crippen molar-refractivity contribution in [2.24, 2.45) is 0 Å². The Kier molecular flexibility index (Phi) is 8.00. The number of ether oxygens (including phenoxy) is 4. The molecule has 2 aromatic rings. The Morgan fingerprint density at radius 3 is 2.26 bits per heavy atom. The van der Waals surface area contributed by atoms with E-state index >= 15 is 0 Å². The minimum atomic E-state index is 0.547. The van der Waals surface area contributed by atoms with Crippen molar-refractivity contribution < 1.29 is 18.9 Å². The Hall–Kier alpha value is -2.67. The van der Waals surface area contributed by atoms with Gasteiger partial charge in [-0.2, -0.15) is 0 Å². The van der Waals surface area contributed by atoms with E-state index in [0.717, 1.165) is 42.3 Å². The van der Waals surface area contributed by atoms with Crippen molar-refractivity contribution in [1.82, 2.24) is 5.32 Å². The molecule has 0 aliphatic heterocycles. The van der Waals surface area contributed by atoms with Crippen LogP contribution in [0.2, 0.25) is 0 Å². The minimum Gasteiger partial charge on any atom is -0.497 e. The lowest BCUT2D eigenvalue weighted by Gasteiger charge is -2.14. The lowest BCUT2D eigenvalue weighted by Crippen LogP contribution is -2.29. The van der Waals surface area contributed by atoms with E-state index in [1.807, 2.05) is 36.4 Å². The zero-order valence-electron chi connectivity index (χ0n) is 16.1. The molecule has 0 aliphatic carbocycles. The molecular weight excluding hydrogens is 364 g/mol. The highest BCUT2D eigenvalue weighted by Gasteiger charge is 2.07. The summed E-state index contributed by atoms with van der Waals surface area (Å²) in [6.07, 6.45) is 1.83. The molecule has 0 atom stereocenters. The first-order chi connectivity index (χ1) is 13.1. The first kappa shape index (κ1) is 20.6. The van der Waals surface area contributed by atoms with Gasteiger partial charge >= 0.3 is 0 Å². The maximum atomic E-state index is 5.36. The van der Waals surface area contributed by atoms with E-state index in [4.69, 9.17) is 31.2 Å². The van der Waals surface area contributed by atoms with Gasteiger partial charge in [-0.05, 0) is 54.9 Å². The lowest BCUT2D eigenvalue weighted by molar-refractivity contribution is 0.354. The summed E-state index contributed by atoms with van der Waals surface area (Å²) in [5.41, 5.74) is 1.97. The minimum absolute atomic E-state index is 0.547. The molecule has 0 fully saturated rings. The normalized spacial score (nSPS) is 10.1. The zero-order valence-corrected chi connectivity index (χ0v) is 16.9. The molecule has 7 heteroatoms. The van der Waals surface area contributed by atoms with Gasteiger partial charge in [-0.25, -0.2) is 0 Å². The molecular formula is C20H26N2O4S. The molecule has 0 saturated carbocycles. The molecule has 0 spiro atoms. The topological polar surface area (TPSA) is 61.0 Å². The molecule has 27 heavy (non-hydrogen) atoms. The van der Waals surface area contributed by atoms with E-state index in [0.29, 0.717) is 10.9 Å². The van der Waals surface area contributed by atoms with E-state index < -0.39 is 0 Å². The van der Waals surface area contributed by atoms with Crippen LogP contribution in [-0.2, 0) is 6.42 Å². The zero-order chi connectivity index (χ0) is 19.6. The first-order valence-electron chi connectivity index (χ1n) is 8.59. The van der Waals surface area contributed by atoms with Crippen LogP contribution in [0, 0.1) is 0 Å². The average molecular weight is 391 g/mol. The number of hydrogen-bond donors (Lipinski definition) is 2. The Labute approximate surface area is 165 Å². The van der Waals surface area contributed by atoms with E-state index in [1.165, 1.54) is 5.56 Å². The van der Waals surface area contributed by atoms with Crippen molar-refractivity contribution in [2.75, 3.05) is 40.3 Å². The second-order valence-electron chi connectivity index (χ2n) is 5.74. The van der Waals surface area contributed by atoms with Gasteiger partial charge in [0.1, 0.15) is 11.5 Å². The van der Waals surface area contributed by atoms with Crippen LogP contribution in [-0.4, -0.2) is 40.1 Å². The smallest absolute Gasteiger partial charge is 0.170 e. The van der Waals surface area contributed by atoms with Crippen LogP contribution in [0.5, 0.6) is 23.0 Å². The summed E-state index contributed by atoms with van der Waals surface area (Å²) in [6, 6.07) is 11.5. The van der Waals surface area contributed by atoms with Crippen LogP contribution in [0.15, 0.2) is 36.4 Å². The van der Waals surface area contributed by atoms with Gasteiger partial charge in [0, 0.05) is 12.6 Å². The summed E-state index contributed by atoms with van der Waals surface area (Å²) in [5.74, 6) is 2.87. The Morgan fingerprint density at radius 1 is 0.852 bits per heavy atom. The molecule has 0 saturated heterocycles. The van der Waals surface area contributed by atoms with Crippen molar-refractivity contribution in [3.05, 3.63) is 42.0 Å². The Morgan fingerprint density at radius 2 is 1.59 bits per heavy atom. The summed E-state index contributed by atoms with van der Waals surface area (Å²) in [5, 5.41) is 6.91. The van der Waals surface area contributed by atoms with Gasteiger partial charge in [0.2, 0.25) is 0 Å². The number of benzene rings is 2. The van der Waals surface area contributed by atoms with Crippen molar-refractivity contribution >= 4 is 23.0 Å². The van der Waals surface area contributed by atoms with Gasteiger partial charge in [-0.15, -0.1) is 0 Å². The number of hydrogen-bond acceptors (Lipinski definition) is 5. The summed E-state index contributed by atoms with van der Waals surface area (Å²) >= 11 is 5.36. The van der Waals surface area contributed by atoms with E-state index in [2.05, 4.69) is 10.6 Å². The number of aryl methyl sites for hydroxylation is 1. The molecule has 146 valence electrons. The number of methoxy groups -OCH3 is 4. The second kappa shape index (κ2) is 10.5. The molecule has 2 rings (SSSR count). The number of nitrogens with one attached hydrogen (secondary N) is 2. The molecule has 0 amide bonds. The maximum absolute atomic E-state index is 5.36. The highest BCUT2D eigenvalue weighted by Crippen LogP contribution is 2.29. The molecule has 0 unspecified atom stereocenters. The third-order valence-corrected chi connectivity index (χ3v) is 4.28. The van der Waals surface area contributed by atoms with E-state index in [-0.39, 0.29) is 0 Å². The van der Waals surface area contributed by atoms with E-state index in [9.17, 15) is 0 Å². The van der Waals surface area contributed by atoms with Crippen molar-refractivity contribution in [3.63, 3.8) is 0 Å². The standard InChI is InChI=1S/C20H26N2O4S/c1-23-15-8-9-16(18(13-15)25-3)22-20(27)21-11-5-6-14-7-10-17(24-2)19(12-14)26-4/h7-10,12-13H,5-6,11H2,1-4H3,(H2,21,22,27).